The molecule has 3 aromatic carbocycles. The molecule has 2 unspecified atom stereocenters. The van der Waals surface area contributed by atoms with Gasteiger partial charge >= 0.3 is 18.2 Å². The van der Waals surface area contributed by atoms with Crippen LogP contribution in [-0.2, 0) is 11.8 Å². The second-order valence-corrected chi connectivity index (χ2v) is 10.1. The normalized spacial score (nSPS) is 13.5. The van der Waals surface area contributed by atoms with Gasteiger partial charge in [-0.05, 0) is 62.5 Å². The van der Waals surface area contributed by atoms with E-state index in [1.165, 1.54) is 45.6 Å². The lowest BCUT2D eigenvalue weighted by Gasteiger charge is -2.36. The first kappa shape index (κ1) is 30.2. The van der Waals surface area contributed by atoms with Gasteiger partial charge in [0.2, 0.25) is 0 Å². The van der Waals surface area contributed by atoms with Crippen LogP contribution in [-0.4, -0.2) is 31.3 Å². The molecule has 0 saturated carbocycles. The summed E-state index contributed by atoms with van der Waals surface area (Å²) in [6.07, 6.45) is -4.72. The molecule has 2 N–H and O–H groups in total. The number of hydrogen-bond donors (Lipinski definition) is 2. The first-order valence-electron chi connectivity index (χ1n) is 12.1. The van der Waals surface area contributed by atoms with Gasteiger partial charge in [0.05, 0.1) is 0 Å². The van der Waals surface area contributed by atoms with Crippen LogP contribution in [0.4, 0.5) is 26.7 Å². The molecule has 5 nitrogen and oxygen atoms in total. The molecule has 39 heavy (non-hydrogen) atoms. The number of carbonyl (C=O) groups excluding carboxylic acids is 1. The van der Waals surface area contributed by atoms with Crippen LogP contribution in [0.15, 0.2) is 78.9 Å². The molecule has 210 valence electrons. The largest absolute Gasteiger partial charge is 0.573 e. The Morgan fingerprint density at radius 3 is 1.90 bits per heavy atom. The van der Waals surface area contributed by atoms with Crippen molar-refractivity contribution in [2.45, 2.75) is 37.9 Å². The number of carbonyl (C=O) groups is 1. The van der Waals surface area contributed by atoms with Crippen LogP contribution in [0.3, 0.4) is 0 Å². The Hall–Kier alpha value is -3.39. The fraction of sp³-hybridized carbons (Fsp3) is 0.321. The quantitative estimate of drug-likeness (QED) is 0.196. The van der Waals surface area contributed by atoms with E-state index >= 15 is 0 Å². The number of rotatable bonds is 11. The smallest absolute Gasteiger partial charge is 0.430 e. The minimum absolute atomic E-state index is 0.0813. The molecule has 0 spiro atoms. The summed E-state index contributed by atoms with van der Waals surface area (Å²) in [6, 6.07) is 19.9. The minimum Gasteiger partial charge on any atom is -0.430 e. The second-order valence-electron chi connectivity index (χ2n) is 9.47. The van der Waals surface area contributed by atoms with Gasteiger partial charge in [0.1, 0.15) is 11.5 Å². The Kier molecular flexibility index (Phi) is 9.78. The summed E-state index contributed by atoms with van der Waals surface area (Å²) in [5.74, 6) is -3.97. The van der Waals surface area contributed by atoms with Crippen molar-refractivity contribution in [1.29, 1.82) is 0 Å². The highest BCUT2D eigenvalue weighted by atomic mass is 31.0. The predicted molar refractivity (Wildman–Crippen MR) is 142 cm³/mol. The molecule has 2 atom stereocenters. The summed E-state index contributed by atoms with van der Waals surface area (Å²) >= 11 is 0. The van der Waals surface area contributed by atoms with Crippen LogP contribution >= 0.6 is 9.24 Å². The minimum atomic E-state index is -4.92. The van der Waals surface area contributed by atoms with Gasteiger partial charge in [0, 0.05) is 18.5 Å². The standard InChI is InChI=1S/C28H30F5N2O3P/c1-19(2)17-34-25(36)35-18-26(16-20-8-4-3-5-9-20,21-10-6-12-23(14-21)37-27(29,30)31)22-11-7-13-24(15-22)38-28(32,33)39/h3-15,19H,16-18,39H2,1-2H3,(H2,34,35,36). The maximum atomic E-state index is 13.7. The van der Waals surface area contributed by atoms with E-state index in [9.17, 15) is 26.7 Å². The average Bonchev–Trinajstić information content (AvgIpc) is 2.84. The first-order valence-corrected chi connectivity index (χ1v) is 12.7. The van der Waals surface area contributed by atoms with Crippen LogP contribution in [0.25, 0.3) is 0 Å². The van der Waals surface area contributed by atoms with Gasteiger partial charge in [0.25, 0.3) is 0 Å². The van der Waals surface area contributed by atoms with E-state index in [0.29, 0.717) is 17.7 Å². The van der Waals surface area contributed by atoms with Crippen molar-refractivity contribution in [3.63, 3.8) is 0 Å². The lowest BCUT2D eigenvalue weighted by Crippen LogP contribution is -2.47. The van der Waals surface area contributed by atoms with E-state index in [-0.39, 0.29) is 24.6 Å². The highest BCUT2D eigenvalue weighted by molar-refractivity contribution is 7.17. The molecular formula is C28H30F5N2O3P. The molecular weight excluding hydrogens is 538 g/mol. The lowest BCUT2D eigenvalue weighted by atomic mass is 9.70. The van der Waals surface area contributed by atoms with Gasteiger partial charge in [-0.15, -0.1) is 13.2 Å². The van der Waals surface area contributed by atoms with E-state index in [0.717, 1.165) is 5.56 Å². The zero-order valence-corrected chi connectivity index (χ0v) is 22.6. The fourth-order valence-corrected chi connectivity index (χ4v) is 4.31. The molecule has 0 aliphatic carbocycles. The third kappa shape index (κ3) is 9.39. The number of nitrogens with one attached hydrogen (secondary N) is 2. The average molecular weight is 569 g/mol. The molecule has 2 amide bonds. The van der Waals surface area contributed by atoms with Crippen molar-refractivity contribution in [1.82, 2.24) is 10.6 Å². The molecule has 0 aliphatic heterocycles. The lowest BCUT2D eigenvalue weighted by molar-refractivity contribution is -0.274. The highest BCUT2D eigenvalue weighted by Crippen LogP contribution is 2.40. The summed E-state index contributed by atoms with van der Waals surface area (Å²) in [5.41, 5.74) is 0.391. The summed E-state index contributed by atoms with van der Waals surface area (Å²) < 4.78 is 75.5. The number of benzene rings is 3. The Balaban J connectivity index is 2.17. The molecule has 0 heterocycles. The molecule has 0 bridgehead atoms. The number of halogens is 5. The van der Waals surface area contributed by atoms with Crippen molar-refractivity contribution in [3.8, 4) is 11.5 Å². The second kappa shape index (κ2) is 12.6. The SMILES string of the molecule is CC(C)CNC(=O)NCC(Cc1ccccc1)(c1cccc(OC(F)(F)F)c1)c1cccc(OC(F)(F)P)c1. The molecule has 3 rings (SSSR count). The number of alkyl halides is 5. The Labute approximate surface area is 226 Å². The zero-order chi connectivity index (χ0) is 28.7. The van der Waals surface area contributed by atoms with Gasteiger partial charge in [-0.3, -0.25) is 0 Å². The van der Waals surface area contributed by atoms with Crippen molar-refractivity contribution < 1.29 is 36.2 Å². The van der Waals surface area contributed by atoms with Crippen molar-refractivity contribution in [2.24, 2.45) is 5.92 Å². The molecule has 0 aromatic heterocycles. The van der Waals surface area contributed by atoms with Gasteiger partial charge in [-0.2, -0.15) is 8.78 Å². The zero-order valence-electron chi connectivity index (χ0n) is 21.4. The third-order valence-corrected chi connectivity index (χ3v) is 5.95. The van der Waals surface area contributed by atoms with Gasteiger partial charge < -0.3 is 20.1 Å². The molecule has 3 aromatic rings. The van der Waals surface area contributed by atoms with Crippen molar-refractivity contribution in [3.05, 3.63) is 95.6 Å². The monoisotopic (exact) mass is 568 g/mol. The first-order chi connectivity index (χ1) is 18.3. The van der Waals surface area contributed by atoms with Gasteiger partial charge in [-0.25, -0.2) is 4.79 Å². The van der Waals surface area contributed by atoms with Crippen LogP contribution in [0.1, 0.15) is 30.5 Å². The highest BCUT2D eigenvalue weighted by Gasteiger charge is 2.38. The topological polar surface area (TPSA) is 59.6 Å². The molecule has 0 radical (unpaired) electrons. The van der Waals surface area contributed by atoms with E-state index in [4.69, 9.17) is 4.74 Å². The van der Waals surface area contributed by atoms with Gasteiger partial charge in [-0.1, -0.05) is 68.4 Å². The Morgan fingerprint density at radius 1 is 0.821 bits per heavy atom. The van der Waals surface area contributed by atoms with Crippen LogP contribution in [0, 0.1) is 5.92 Å². The Bertz CT molecular complexity index is 1170. The maximum absolute atomic E-state index is 13.7. The third-order valence-electron chi connectivity index (χ3n) is 5.83. The van der Waals surface area contributed by atoms with Crippen LogP contribution in [0.2, 0.25) is 0 Å². The van der Waals surface area contributed by atoms with Crippen LogP contribution in [0.5, 0.6) is 11.5 Å². The predicted octanol–water partition coefficient (Wildman–Crippen LogP) is 6.87. The molecule has 0 fully saturated rings. The van der Waals surface area contributed by atoms with Crippen LogP contribution < -0.4 is 20.1 Å². The molecule has 0 saturated heterocycles. The molecule has 0 aliphatic rings. The van der Waals surface area contributed by atoms with Crippen molar-refractivity contribution in [2.75, 3.05) is 13.1 Å². The fourth-order valence-electron chi connectivity index (χ4n) is 4.18. The number of ether oxygens (including phenoxy) is 2. The summed E-state index contributed by atoms with van der Waals surface area (Å²) in [6.45, 7) is 4.18. The number of urea groups is 1. The molecule has 11 heteroatoms. The van der Waals surface area contributed by atoms with E-state index in [1.54, 1.807) is 24.3 Å². The maximum Gasteiger partial charge on any atom is 0.573 e. The Morgan fingerprint density at radius 2 is 1.38 bits per heavy atom. The summed E-state index contributed by atoms with van der Waals surface area (Å²) in [4.78, 5) is 12.7. The van der Waals surface area contributed by atoms with Crippen molar-refractivity contribution >= 4 is 15.3 Å². The van der Waals surface area contributed by atoms with Gasteiger partial charge in [0.15, 0.2) is 0 Å². The van der Waals surface area contributed by atoms with E-state index < -0.39 is 29.4 Å². The van der Waals surface area contributed by atoms with E-state index in [1.807, 2.05) is 32.0 Å². The summed E-state index contributed by atoms with van der Waals surface area (Å²) in [5, 5.41) is 5.58. The number of amides is 2. The number of hydrogen-bond acceptors (Lipinski definition) is 3. The summed E-state index contributed by atoms with van der Waals surface area (Å²) in [7, 11) is 1.30. The van der Waals surface area contributed by atoms with E-state index in [2.05, 4.69) is 15.4 Å².